The molecule has 0 spiro atoms. The normalized spacial score (nSPS) is 14.4. The first kappa shape index (κ1) is 22.0. The van der Waals surface area contributed by atoms with E-state index in [1.165, 1.54) is 24.3 Å². The predicted octanol–water partition coefficient (Wildman–Crippen LogP) is 0.957. The number of hydrogen-bond acceptors (Lipinski definition) is 9. The van der Waals surface area contributed by atoms with Gasteiger partial charge in [0.25, 0.3) is 5.91 Å². The SMILES string of the molecule is CC1CN=C(c2cccc(O)c2O)O1.O=CNC(=O)NC(=O)c1cccc(O)c1O. The van der Waals surface area contributed by atoms with Crippen molar-refractivity contribution in [1.82, 2.24) is 10.6 Å². The number of ether oxygens (including phenoxy) is 1. The molecular formula is C19H19N3O8. The molecule has 0 bridgehead atoms. The molecule has 0 radical (unpaired) electrons. The first-order chi connectivity index (χ1) is 14.2. The molecule has 11 nitrogen and oxygen atoms in total. The Bertz CT molecular complexity index is 990. The number of urea groups is 1. The molecule has 4 amide bonds. The molecule has 2 aromatic carbocycles. The summed E-state index contributed by atoms with van der Waals surface area (Å²) >= 11 is 0. The minimum Gasteiger partial charge on any atom is -0.504 e. The lowest BCUT2D eigenvalue weighted by atomic mass is 10.2. The molecule has 0 saturated heterocycles. The molecule has 30 heavy (non-hydrogen) atoms. The van der Waals surface area contributed by atoms with E-state index in [2.05, 4.69) is 4.99 Å². The molecule has 0 aliphatic carbocycles. The molecule has 1 heterocycles. The van der Waals surface area contributed by atoms with Crippen molar-refractivity contribution in [3.8, 4) is 23.0 Å². The average Bonchev–Trinajstić information content (AvgIpc) is 3.13. The standard InChI is InChI=1S/C10H11NO3.C9H8N2O5/c1-6-5-11-10(14-6)7-3-2-4-8(12)9(7)13;12-4-10-9(16)11-8(15)5-2-1-3-6(13)7(5)14/h2-4,6,12-13H,5H2,1H3;1-4,13-14H,(H2,10,11,12,15,16). The van der Waals surface area contributed by atoms with E-state index < -0.39 is 23.4 Å². The summed E-state index contributed by atoms with van der Waals surface area (Å²) in [5, 5.41) is 40.7. The number of phenolic OH excluding ortho intramolecular Hbond substituents is 4. The summed E-state index contributed by atoms with van der Waals surface area (Å²) in [5.41, 5.74) is 0.162. The number of phenols is 4. The van der Waals surface area contributed by atoms with Gasteiger partial charge in [0.2, 0.25) is 12.3 Å². The summed E-state index contributed by atoms with van der Waals surface area (Å²) in [6.45, 7) is 2.49. The maximum absolute atomic E-state index is 11.3. The second-order valence-corrected chi connectivity index (χ2v) is 5.97. The fraction of sp³-hybridized carbons (Fsp3) is 0.158. The van der Waals surface area contributed by atoms with Crippen LogP contribution in [0.2, 0.25) is 0 Å². The van der Waals surface area contributed by atoms with Gasteiger partial charge in [0.15, 0.2) is 23.0 Å². The van der Waals surface area contributed by atoms with E-state index in [-0.39, 0.29) is 29.6 Å². The molecule has 1 aliphatic heterocycles. The van der Waals surface area contributed by atoms with E-state index in [9.17, 15) is 29.7 Å². The molecule has 1 atom stereocenters. The highest BCUT2D eigenvalue weighted by Gasteiger charge is 2.20. The summed E-state index contributed by atoms with van der Waals surface area (Å²) in [7, 11) is 0. The van der Waals surface area contributed by atoms with Crippen molar-refractivity contribution in [2.45, 2.75) is 13.0 Å². The van der Waals surface area contributed by atoms with Crippen LogP contribution < -0.4 is 10.6 Å². The number of carbonyl (C=O) groups excluding carboxylic acids is 3. The van der Waals surface area contributed by atoms with Crippen molar-refractivity contribution in [2.75, 3.05) is 6.54 Å². The molecule has 1 unspecified atom stereocenters. The smallest absolute Gasteiger partial charge is 0.328 e. The summed E-state index contributed by atoms with van der Waals surface area (Å²) in [5.74, 6) is -2.00. The van der Waals surface area contributed by atoms with Gasteiger partial charge in [-0.15, -0.1) is 0 Å². The summed E-state index contributed by atoms with van der Waals surface area (Å²) < 4.78 is 5.36. The Morgan fingerprint density at radius 1 is 1.07 bits per heavy atom. The van der Waals surface area contributed by atoms with Crippen LogP contribution in [0, 0.1) is 0 Å². The maximum atomic E-state index is 11.3. The van der Waals surface area contributed by atoms with Crippen LogP contribution in [0.15, 0.2) is 41.4 Å². The summed E-state index contributed by atoms with van der Waals surface area (Å²) in [6, 6.07) is 7.39. The number of imide groups is 2. The molecule has 6 N–H and O–H groups in total. The maximum Gasteiger partial charge on any atom is 0.328 e. The van der Waals surface area contributed by atoms with Crippen molar-refractivity contribution in [2.24, 2.45) is 4.99 Å². The van der Waals surface area contributed by atoms with E-state index in [1.807, 2.05) is 6.92 Å². The Morgan fingerprint density at radius 3 is 2.30 bits per heavy atom. The second-order valence-electron chi connectivity index (χ2n) is 5.97. The van der Waals surface area contributed by atoms with Gasteiger partial charge in [-0.25, -0.2) is 9.79 Å². The van der Waals surface area contributed by atoms with E-state index in [1.54, 1.807) is 22.8 Å². The largest absolute Gasteiger partial charge is 0.504 e. The third kappa shape index (κ3) is 5.38. The predicted molar refractivity (Wildman–Crippen MR) is 104 cm³/mol. The van der Waals surface area contributed by atoms with Crippen LogP contribution in [0.5, 0.6) is 23.0 Å². The lowest BCUT2D eigenvalue weighted by Crippen LogP contribution is -2.38. The summed E-state index contributed by atoms with van der Waals surface area (Å²) in [6.07, 6.45) is 0.136. The first-order valence-electron chi connectivity index (χ1n) is 8.53. The van der Waals surface area contributed by atoms with Gasteiger partial charge in [0, 0.05) is 0 Å². The number of aromatic hydroxyl groups is 4. The van der Waals surface area contributed by atoms with Gasteiger partial charge in [-0.05, 0) is 31.2 Å². The van der Waals surface area contributed by atoms with Gasteiger partial charge in [-0.1, -0.05) is 12.1 Å². The number of nitrogens with one attached hydrogen (secondary N) is 2. The number of rotatable bonds is 3. The Labute approximate surface area is 170 Å². The Hall–Kier alpha value is -4.28. The zero-order chi connectivity index (χ0) is 22.3. The Balaban J connectivity index is 0.000000215. The lowest BCUT2D eigenvalue weighted by molar-refractivity contribution is -0.108. The number of carbonyl (C=O) groups is 3. The van der Waals surface area contributed by atoms with E-state index >= 15 is 0 Å². The van der Waals surface area contributed by atoms with E-state index in [0.717, 1.165) is 0 Å². The van der Waals surface area contributed by atoms with Crippen LogP contribution in [0.25, 0.3) is 0 Å². The van der Waals surface area contributed by atoms with E-state index in [0.29, 0.717) is 18.0 Å². The van der Waals surface area contributed by atoms with Gasteiger partial charge in [-0.2, -0.15) is 0 Å². The number of nitrogens with zero attached hydrogens (tertiary/aromatic N) is 1. The van der Waals surface area contributed by atoms with Crippen molar-refractivity contribution in [3.05, 3.63) is 47.5 Å². The van der Waals surface area contributed by atoms with Crippen molar-refractivity contribution < 1.29 is 39.5 Å². The zero-order valence-electron chi connectivity index (χ0n) is 15.7. The van der Waals surface area contributed by atoms with Crippen molar-refractivity contribution in [1.29, 1.82) is 0 Å². The molecule has 3 rings (SSSR count). The molecule has 11 heteroatoms. The van der Waals surface area contributed by atoms with Gasteiger partial charge in [0.05, 0.1) is 17.7 Å². The number of hydrogen-bond donors (Lipinski definition) is 6. The van der Waals surface area contributed by atoms with Gasteiger partial charge >= 0.3 is 6.03 Å². The van der Waals surface area contributed by atoms with Crippen LogP contribution in [-0.2, 0) is 9.53 Å². The average molecular weight is 417 g/mol. The van der Waals surface area contributed by atoms with Crippen LogP contribution in [0.1, 0.15) is 22.8 Å². The van der Waals surface area contributed by atoms with Crippen LogP contribution in [-0.4, -0.2) is 57.3 Å². The van der Waals surface area contributed by atoms with Crippen LogP contribution in [0.3, 0.4) is 0 Å². The van der Waals surface area contributed by atoms with Crippen LogP contribution in [0.4, 0.5) is 4.79 Å². The Morgan fingerprint density at radius 2 is 1.70 bits per heavy atom. The first-order valence-corrected chi connectivity index (χ1v) is 8.53. The van der Waals surface area contributed by atoms with Crippen LogP contribution >= 0.6 is 0 Å². The third-order valence-electron chi connectivity index (χ3n) is 3.73. The third-order valence-corrected chi connectivity index (χ3v) is 3.73. The molecular weight excluding hydrogens is 398 g/mol. The monoisotopic (exact) mass is 417 g/mol. The molecule has 1 aliphatic rings. The van der Waals surface area contributed by atoms with Crippen molar-refractivity contribution >= 4 is 24.2 Å². The zero-order valence-corrected chi connectivity index (χ0v) is 15.7. The minimum absolute atomic E-state index is 0.0340. The highest BCUT2D eigenvalue weighted by molar-refractivity contribution is 6.07. The van der Waals surface area contributed by atoms with E-state index in [4.69, 9.17) is 9.84 Å². The fourth-order valence-electron chi connectivity index (χ4n) is 2.30. The number of para-hydroxylation sites is 2. The number of amides is 4. The molecule has 2 aromatic rings. The highest BCUT2D eigenvalue weighted by atomic mass is 16.5. The number of benzene rings is 2. The quantitative estimate of drug-likeness (QED) is 0.316. The topological polar surface area (TPSA) is 178 Å². The molecule has 0 saturated carbocycles. The molecule has 158 valence electrons. The van der Waals surface area contributed by atoms with Gasteiger partial charge in [-0.3, -0.25) is 20.2 Å². The fourth-order valence-corrected chi connectivity index (χ4v) is 2.30. The highest BCUT2D eigenvalue weighted by Crippen LogP contribution is 2.30. The van der Waals surface area contributed by atoms with Gasteiger partial charge in [0.1, 0.15) is 6.10 Å². The molecule has 0 aromatic heterocycles. The van der Waals surface area contributed by atoms with Gasteiger partial charge < -0.3 is 25.2 Å². The minimum atomic E-state index is -1.03. The Kier molecular flexibility index (Phi) is 7.17. The molecule has 0 fully saturated rings. The second kappa shape index (κ2) is 9.78. The number of aliphatic imine (C=N–C) groups is 1. The van der Waals surface area contributed by atoms with Crippen molar-refractivity contribution in [3.63, 3.8) is 0 Å². The summed E-state index contributed by atoms with van der Waals surface area (Å²) in [4.78, 5) is 36.1. The lowest BCUT2D eigenvalue weighted by Gasteiger charge is -2.07.